The number of halogens is 1. The monoisotopic (exact) mass is 587 g/mol. The van der Waals surface area contributed by atoms with Crippen molar-refractivity contribution in [1.82, 2.24) is 29.7 Å². The van der Waals surface area contributed by atoms with E-state index in [-0.39, 0.29) is 11.2 Å². The minimum atomic E-state index is -0.831. The Balaban J connectivity index is 1.21. The van der Waals surface area contributed by atoms with Crippen molar-refractivity contribution in [3.05, 3.63) is 95.2 Å². The fourth-order valence-electron chi connectivity index (χ4n) is 5.72. The molecule has 3 aromatic heterocycles. The molecule has 0 bridgehead atoms. The molecule has 0 radical (unpaired) electrons. The first-order chi connectivity index (χ1) is 20.4. The molecule has 2 aliphatic rings. The van der Waals surface area contributed by atoms with Gasteiger partial charge in [0.15, 0.2) is 35.1 Å². The predicted molar refractivity (Wildman–Crippen MR) is 154 cm³/mol. The van der Waals surface area contributed by atoms with Gasteiger partial charge < -0.3 is 23.9 Å². The fourth-order valence-corrected chi connectivity index (χ4v) is 5.89. The van der Waals surface area contributed by atoms with Crippen LogP contribution in [0.2, 0.25) is 5.28 Å². The van der Waals surface area contributed by atoms with Crippen LogP contribution in [-0.2, 0) is 20.6 Å². The number of nitrogens with one attached hydrogen (secondary N) is 1. The molecule has 5 aromatic rings. The lowest BCUT2D eigenvalue weighted by Gasteiger charge is -2.24. The summed E-state index contributed by atoms with van der Waals surface area (Å²) in [6.07, 6.45) is 0.0670. The lowest BCUT2D eigenvalue weighted by molar-refractivity contribution is -0.199. The zero-order valence-corrected chi connectivity index (χ0v) is 24.1. The summed E-state index contributed by atoms with van der Waals surface area (Å²) in [5.41, 5.74) is 3.43. The van der Waals surface area contributed by atoms with E-state index in [9.17, 15) is 0 Å². The number of imidazole rings is 1. The minimum absolute atomic E-state index is 0.0756. The summed E-state index contributed by atoms with van der Waals surface area (Å²) in [6, 6.07) is 20.7. The van der Waals surface area contributed by atoms with Crippen LogP contribution in [0.5, 0.6) is 0 Å². The second-order valence-electron chi connectivity index (χ2n) is 10.8. The van der Waals surface area contributed by atoms with Gasteiger partial charge in [0.2, 0.25) is 17.1 Å². The number of ether oxygens (including phenoxy) is 3. The number of anilines is 1. The Hall–Kier alpha value is -3.90. The number of hydrogen-bond donors (Lipinski definition) is 1. The number of aryl methyl sites for hydroxylation is 1. The van der Waals surface area contributed by atoms with E-state index in [0.29, 0.717) is 41.7 Å². The Morgan fingerprint density at radius 2 is 1.64 bits per heavy atom. The fraction of sp³-hybridized carbons (Fsp3) is 0.367. The minimum Gasteiger partial charge on any atom is -0.422 e. The van der Waals surface area contributed by atoms with Crippen LogP contribution in [0, 0.1) is 0 Å². The summed E-state index contributed by atoms with van der Waals surface area (Å²) >= 11 is 6.48. The highest BCUT2D eigenvalue weighted by atomic mass is 35.5. The number of rotatable bonds is 8. The molecule has 216 valence electrons. The van der Waals surface area contributed by atoms with E-state index in [1.807, 2.05) is 57.2 Å². The average molecular weight is 588 g/mol. The summed E-state index contributed by atoms with van der Waals surface area (Å²) in [6.45, 7) is 6.25. The molecule has 0 spiro atoms. The zero-order valence-electron chi connectivity index (χ0n) is 23.3. The largest absolute Gasteiger partial charge is 0.422 e. The smallest absolute Gasteiger partial charge is 0.248 e. The topological polar surface area (TPSA) is 122 Å². The maximum atomic E-state index is 6.48. The van der Waals surface area contributed by atoms with E-state index in [0.717, 1.165) is 0 Å². The van der Waals surface area contributed by atoms with Crippen molar-refractivity contribution in [2.24, 2.45) is 0 Å². The molecule has 12 heteroatoms. The molecule has 1 N–H and O–H groups in total. The van der Waals surface area contributed by atoms with Gasteiger partial charge in [0.05, 0.1) is 6.33 Å². The maximum absolute atomic E-state index is 6.48. The second kappa shape index (κ2) is 10.7. The number of hydrogen-bond acceptors (Lipinski definition) is 10. The van der Waals surface area contributed by atoms with Gasteiger partial charge in [0, 0.05) is 18.9 Å². The normalized spacial score (nSPS) is 23.1. The third-order valence-electron chi connectivity index (χ3n) is 7.60. The van der Waals surface area contributed by atoms with Crippen LogP contribution >= 0.6 is 11.6 Å². The molecular weight excluding hydrogens is 558 g/mol. The van der Waals surface area contributed by atoms with Gasteiger partial charge in [-0.2, -0.15) is 9.97 Å². The molecule has 2 aliphatic heterocycles. The van der Waals surface area contributed by atoms with E-state index in [1.54, 1.807) is 10.9 Å². The standard InChI is InChI=1S/C30H30ClN7O4/c1-4-20-36-37-27(39-20)23-22-24(42-30(2,3)41-22)28(40-23)38-16-33-21-25(34-29(31)35-26(21)38)32-15-19(17-11-7-5-8-12-17)18-13-9-6-10-14-18/h5-14,16,19,22-24,28H,4,15H2,1-3H3,(H,32,34,35)/t22-,23?,24-,28?/m1/s1. The molecule has 7 rings (SSSR count). The van der Waals surface area contributed by atoms with Gasteiger partial charge in [-0.05, 0) is 36.6 Å². The second-order valence-corrected chi connectivity index (χ2v) is 11.2. The van der Waals surface area contributed by atoms with Gasteiger partial charge >= 0.3 is 0 Å². The van der Waals surface area contributed by atoms with Crippen LogP contribution in [0.25, 0.3) is 11.2 Å². The molecule has 0 saturated carbocycles. The molecule has 2 fully saturated rings. The van der Waals surface area contributed by atoms with Gasteiger partial charge in [-0.15, -0.1) is 10.2 Å². The van der Waals surface area contributed by atoms with E-state index < -0.39 is 30.3 Å². The van der Waals surface area contributed by atoms with Crippen molar-refractivity contribution in [3.8, 4) is 0 Å². The molecule has 0 aliphatic carbocycles. The van der Waals surface area contributed by atoms with Crippen LogP contribution in [0.4, 0.5) is 5.82 Å². The first kappa shape index (κ1) is 27.0. The van der Waals surface area contributed by atoms with Crippen LogP contribution < -0.4 is 5.32 Å². The highest BCUT2D eigenvalue weighted by molar-refractivity contribution is 6.28. The molecule has 2 unspecified atom stereocenters. The first-order valence-corrected chi connectivity index (χ1v) is 14.3. The van der Waals surface area contributed by atoms with Crippen molar-refractivity contribution in [2.45, 2.75) is 63.4 Å². The molecule has 2 aromatic carbocycles. The van der Waals surface area contributed by atoms with Crippen molar-refractivity contribution in [1.29, 1.82) is 0 Å². The Kier molecular flexibility index (Phi) is 6.89. The molecule has 2 saturated heterocycles. The lowest BCUT2D eigenvalue weighted by atomic mass is 9.91. The van der Waals surface area contributed by atoms with Crippen molar-refractivity contribution < 1.29 is 18.6 Å². The lowest BCUT2D eigenvalue weighted by Crippen LogP contribution is -2.27. The van der Waals surface area contributed by atoms with E-state index >= 15 is 0 Å². The average Bonchev–Trinajstić information content (AvgIpc) is 3.77. The predicted octanol–water partition coefficient (Wildman–Crippen LogP) is 5.46. The molecule has 42 heavy (non-hydrogen) atoms. The number of fused-ring (bicyclic) bond motifs is 2. The third kappa shape index (κ3) is 4.92. The van der Waals surface area contributed by atoms with Crippen LogP contribution in [0.3, 0.4) is 0 Å². The van der Waals surface area contributed by atoms with Gasteiger partial charge in [-0.25, -0.2) is 4.98 Å². The van der Waals surface area contributed by atoms with Crippen molar-refractivity contribution in [2.75, 3.05) is 11.9 Å². The summed E-state index contributed by atoms with van der Waals surface area (Å²) in [7, 11) is 0. The van der Waals surface area contributed by atoms with Gasteiger partial charge in [0.1, 0.15) is 12.2 Å². The summed E-state index contributed by atoms with van der Waals surface area (Å²) in [5, 5.41) is 11.9. The van der Waals surface area contributed by atoms with E-state index in [2.05, 4.69) is 54.7 Å². The number of benzene rings is 2. The Labute approximate surface area is 247 Å². The SMILES string of the molecule is CCc1nnc(C2OC(n3cnc4c(NCC(c5ccccc5)c5ccccc5)nc(Cl)nc43)[C@@H]3OC(C)(C)O[C@H]23)o1. The maximum Gasteiger partial charge on any atom is 0.248 e. The molecule has 4 atom stereocenters. The Bertz CT molecular complexity index is 1650. The van der Waals surface area contributed by atoms with E-state index in [1.165, 1.54) is 11.1 Å². The van der Waals surface area contributed by atoms with Crippen molar-refractivity contribution in [3.63, 3.8) is 0 Å². The van der Waals surface area contributed by atoms with Crippen molar-refractivity contribution >= 4 is 28.6 Å². The zero-order chi connectivity index (χ0) is 28.8. The quantitative estimate of drug-likeness (QED) is 0.234. The van der Waals surface area contributed by atoms with Crippen LogP contribution in [0.15, 0.2) is 71.4 Å². The van der Waals surface area contributed by atoms with Gasteiger partial charge in [-0.3, -0.25) is 4.57 Å². The highest BCUT2D eigenvalue weighted by Gasteiger charge is 2.58. The number of aromatic nitrogens is 6. The number of nitrogens with zero attached hydrogens (tertiary/aromatic N) is 6. The third-order valence-corrected chi connectivity index (χ3v) is 7.77. The van der Waals surface area contributed by atoms with E-state index in [4.69, 9.17) is 30.2 Å². The van der Waals surface area contributed by atoms with Crippen LogP contribution in [0.1, 0.15) is 61.9 Å². The molecule has 0 amide bonds. The summed E-state index contributed by atoms with van der Waals surface area (Å²) < 4.78 is 26.7. The summed E-state index contributed by atoms with van der Waals surface area (Å²) in [5.74, 6) is 0.646. The molecule has 11 nitrogen and oxygen atoms in total. The van der Waals surface area contributed by atoms with Gasteiger partial charge in [0.25, 0.3) is 0 Å². The highest BCUT2D eigenvalue weighted by Crippen LogP contribution is 2.49. The van der Waals surface area contributed by atoms with Crippen LogP contribution in [-0.4, -0.2) is 54.3 Å². The molecular formula is C30H30ClN7O4. The molecule has 5 heterocycles. The summed E-state index contributed by atoms with van der Waals surface area (Å²) in [4.78, 5) is 13.7. The Morgan fingerprint density at radius 3 is 2.31 bits per heavy atom. The first-order valence-electron chi connectivity index (χ1n) is 14.0. The Morgan fingerprint density at radius 1 is 0.952 bits per heavy atom. The van der Waals surface area contributed by atoms with Gasteiger partial charge in [-0.1, -0.05) is 67.6 Å².